The molecule has 94 valence electrons. The molecule has 0 fully saturated rings. The Morgan fingerprint density at radius 1 is 1.44 bits per heavy atom. The number of benzene rings is 1. The first-order valence-electron chi connectivity index (χ1n) is 5.89. The summed E-state index contributed by atoms with van der Waals surface area (Å²) in [5, 5.41) is 9.96. The zero-order valence-electron chi connectivity index (χ0n) is 9.69. The number of hydrogen-bond donors (Lipinski definition) is 2. The second-order valence-corrected chi connectivity index (χ2v) is 5.58. The molecule has 0 saturated heterocycles. The van der Waals surface area contributed by atoms with Crippen LogP contribution in [0.3, 0.4) is 0 Å². The summed E-state index contributed by atoms with van der Waals surface area (Å²) in [5.74, 6) is -0.957. The van der Waals surface area contributed by atoms with E-state index >= 15 is 0 Å². The van der Waals surface area contributed by atoms with Gasteiger partial charge in [0.15, 0.2) is 11.6 Å². The summed E-state index contributed by atoms with van der Waals surface area (Å²) in [7, 11) is 0. The maximum Gasteiger partial charge on any atom is 0.165 e. The van der Waals surface area contributed by atoms with Crippen molar-refractivity contribution < 1.29 is 9.50 Å². The molecule has 3 N–H and O–H groups in total. The highest BCUT2D eigenvalue weighted by atomic mass is 32.1. The summed E-state index contributed by atoms with van der Waals surface area (Å²) in [4.78, 5) is 5.72. The lowest BCUT2D eigenvalue weighted by atomic mass is 9.99. The minimum absolute atomic E-state index is 0.000659. The lowest BCUT2D eigenvalue weighted by Crippen LogP contribution is -2.16. The molecule has 1 aromatic carbocycles. The Balaban J connectivity index is 2.04. The number of aromatic hydroxyl groups is 1. The number of halogens is 1. The lowest BCUT2D eigenvalue weighted by Gasteiger charge is -2.15. The highest BCUT2D eigenvalue weighted by Gasteiger charge is 2.22. The smallest absolute Gasteiger partial charge is 0.165 e. The number of rotatable bonds is 1. The molecule has 1 atom stereocenters. The second-order valence-electron chi connectivity index (χ2n) is 4.49. The number of nitrogens with two attached hydrogens (primary N) is 1. The molecule has 2 aromatic rings. The summed E-state index contributed by atoms with van der Waals surface area (Å²) < 4.78 is 13.3. The maximum absolute atomic E-state index is 13.3. The molecule has 1 aliphatic carbocycles. The molecule has 0 aliphatic heterocycles. The van der Waals surface area contributed by atoms with Gasteiger partial charge in [0.2, 0.25) is 0 Å². The summed E-state index contributed by atoms with van der Waals surface area (Å²) in [5.41, 5.74) is 7.67. The zero-order valence-corrected chi connectivity index (χ0v) is 10.5. The van der Waals surface area contributed by atoms with E-state index in [1.54, 1.807) is 17.4 Å². The van der Waals surface area contributed by atoms with Crippen LogP contribution in [0.1, 0.15) is 29.5 Å². The van der Waals surface area contributed by atoms with Gasteiger partial charge in [-0.3, -0.25) is 0 Å². The van der Waals surface area contributed by atoms with Crippen LogP contribution in [0.2, 0.25) is 0 Å². The number of phenols is 1. The second kappa shape index (κ2) is 4.33. The third kappa shape index (κ3) is 1.89. The maximum atomic E-state index is 13.3. The van der Waals surface area contributed by atoms with Crippen molar-refractivity contribution >= 4 is 11.3 Å². The van der Waals surface area contributed by atoms with E-state index in [-0.39, 0.29) is 11.8 Å². The Bertz CT molecular complexity index is 597. The van der Waals surface area contributed by atoms with Gasteiger partial charge in [0.05, 0.1) is 5.69 Å². The van der Waals surface area contributed by atoms with E-state index in [2.05, 4.69) is 4.98 Å². The molecule has 3 rings (SSSR count). The third-order valence-electron chi connectivity index (χ3n) is 3.19. The molecule has 1 aliphatic rings. The van der Waals surface area contributed by atoms with E-state index in [1.807, 2.05) is 0 Å². The number of thiazole rings is 1. The number of hydrogen-bond acceptors (Lipinski definition) is 4. The van der Waals surface area contributed by atoms with E-state index in [0.717, 1.165) is 30.0 Å². The topological polar surface area (TPSA) is 59.1 Å². The van der Waals surface area contributed by atoms with Crippen molar-refractivity contribution in [3.05, 3.63) is 34.6 Å². The third-order valence-corrected chi connectivity index (χ3v) is 4.37. The van der Waals surface area contributed by atoms with E-state index in [1.165, 1.54) is 17.0 Å². The highest BCUT2D eigenvalue weighted by molar-refractivity contribution is 7.15. The highest BCUT2D eigenvalue weighted by Crippen LogP contribution is 2.36. The summed E-state index contributed by atoms with van der Waals surface area (Å²) in [6, 6.07) is 4.34. The predicted molar refractivity (Wildman–Crippen MR) is 69.0 cm³/mol. The first kappa shape index (κ1) is 11.6. The van der Waals surface area contributed by atoms with Crippen LogP contribution < -0.4 is 5.73 Å². The normalized spacial score (nSPS) is 18.7. The van der Waals surface area contributed by atoms with Gasteiger partial charge in [-0.05, 0) is 37.5 Å². The summed E-state index contributed by atoms with van der Waals surface area (Å²) in [6.45, 7) is 0. The van der Waals surface area contributed by atoms with E-state index in [0.29, 0.717) is 5.56 Å². The Kier molecular flexibility index (Phi) is 2.80. The molecule has 0 spiro atoms. The first-order valence-corrected chi connectivity index (χ1v) is 6.71. The quantitative estimate of drug-likeness (QED) is 0.832. The minimum Gasteiger partial charge on any atom is -0.505 e. The van der Waals surface area contributed by atoms with E-state index in [9.17, 15) is 9.50 Å². The molecule has 5 heteroatoms. The van der Waals surface area contributed by atoms with E-state index in [4.69, 9.17) is 5.73 Å². The molecule has 1 aromatic heterocycles. The molecule has 0 bridgehead atoms. The molecule has 1 unspecified atom stereocenters. The molecule has 0 saturated carbocycles. The van der Waals surface area contributed by atoms with Gasteiger partial charge in [-0.25, -0.2) is 9.37 Å². The van der Waals surface area contributed by atoms with Gasteiger partial charge in [0, 0.05) is 16.5 Å². The molecular weight excluding hydrogens is 251 g/mol. The molecule has 0 radical (unpaired) electrons. The van der Waals surface area contributed by atoms with Crippen LogP contribution in [0.5, 0.6) is 5.75 Å². The SMILES string of the molecule is NC1CCCc2sc(-c3ccc(O)c(F)c3)nc21. The fraction of sp³-hybridized carbons (Fsp3) is 0.308. The van der Waals surface area contributed by atoms with Crippen molar-refractivity contribution in [3.63, 3.8) is 0 Å². The average molecular weight is 264 g/mol. The van der Waals surface area contributed by atoms with Crippen LogP contribution in [-0.2, 0) is 6.42 Å². The molecule has 3 nitrogen and oxygen atoms in total. The Labute approximate surface area is 108 Å². The monoisotopic (exact) mass is 264 g/mol. The van der Waals surface area contributed by atoms with Crippen molar-refractivity contribution in [3.8, 4) is 16.3 Å². The van der Waals surface area contributed by atoms with Gasteiger partial charge >= 0.3 is 0 Å². The van der Waals surface area contributed by atoms with Crippen LogP contribution in [-0.4, -0.2) is 10.1 Å². The van der Waals surface area contributed by atoms with Crippen LogP contribution in [0.15, 0.2) is 18.2 Å². The van der Waals surface area contributed by atoms with Crippen molar-refractivity contribution in [2.75, 3.05) is 0 Å². The fourth-order valence-corrected chi connectivity index (χ4v) is 3.39. The standard InChI is InChI=1S/C13H13FN2OS/c14-8-6-7(4-5-10(8)17)13-16-12-9(15)2-1-3-11(12)18-13/h4-6,9,17H,1-3,15H2. The number of aryl methyl sites for hydroxylation is 1. The van der Waals surface area contributed by atoms with Gasteiger partial charge < -0.3 is 10.8 Å². The summed E-state index contributed by atoms with van der Waals surface area (Å²) in [6.07, 6.45) is 3.04. The van der Waals surface area contributed by atoms with Gasteiger partial charge in [0.1, 0.15) is 5.01 Å². The number of aromatic nitrogens is 1. The predicted octanol–water partition coefficient (Wildman–Crippen LogP) is 2.99. The van der Waals surface area contributed by atoms with Crippen LogP contribution >= 0.6 is 11.3 Å². The Hall–Kier alpha value is -1.46. The van der Waals surface area contributed by atoms with Crippen molar-refractivity contribution in [1.82, 2.24) is 4.98 Å². The van der Waals surface area contributed by atoms with Crippen molar-refractivity contribution in [2.24, 2.45) is 5.73 Å². The number of fused-ring (bicyclic) bond motifs is 1. The van der Waals surface area contributed by atoms with E-state index < -0.39 is 5.82 Å². The Morgan fingerprint density at radius 2 is 2.28 bits per heavy atom. The largest absolute Gasteiger partial charge is 0.505 e. The van der Waals surface area contributed by atoms with Crippen LogP contribution in [0, 0.1) is 5.82 Å². The first-order chi connectivity index (χ1) is 8.65. The van der Waals surface area contributed by atoms with Gasteiger partial charge in [0.25, 0.3) is 0 Å². The van der Waals surface area contributed by atoms with Crippen LogP contribution in [0.25, 0.3) is 10.6 Å². The average Bonchev–Trinajstić information content (AvgIpc) is 2.78. The number of phenolic OH excluding ortho intramolecular Hbond substituents is 1. The molecular formula is C13H13FN2OS. The minimum atomic E-state index is -0.620. The fourth-order valence-electron chi connectivity index (χ4n) is 2.22. The van der Waals surface area contributed by atoms with Gasteiger partial charge in [-0.15, -0.1) is 11.3 Å². The van der Waals surface area contributed by atoms with Crippen molar-refractivity contribution in [2.45, 2.75) is 25.3 Å². The molecule has 1 heterocycles. The zero-order chi connectivity index (χ0) is 12.7. The number of nitrogens with zero attached hydrogens (tertiary/aromatic N) is 1. The summed E-state index contributed by atoms with van der Waals surface area (Å²) >= 11 is 1.57. The van der Waals surface area contributed by atoms with Crippen LogP contribution in [0.4, 0.5) is 4.39 Å². The molecule has 0 amide bonds. The van der Waals surface area contributed by atoms with Gasteiger partial charge in [-0.1, -0.05) is 0 Å². The lowest BCUT2D eigenvalue weighted by molar-refractivity contribution is 0.432. The Morgan fingerprint density at radius 3 is 3.00 bits per heavy atom. The van der Waals surface area contributed by atoms with Gasteiger partial charge in [-0.2, -0.15) is 0 Å². The molecule has 18 heavy (non-hydrogen) atoms. The van der Waals surface area contributed by atoms with Crippen molar-refractivity contribution in [1.29, 1.82) is 0 Å².